The molecule has 0 heterocycles. The van der Waals surface area contributed by atoms with E-state index in [1.165, 1.54) is 6.07 Å². The Balaban J connectivity index is 1.78. The SMILES string of the molecule is CC(C)COC(=O)c1cccc(OC(=O)CCCOc2ccc(Cl)cc2Cl)c1. The second-order valence-corrected chi connectivity index (χ2v) is 7.36. The molecule has 0 saturated carbocycles. The van der Waals surface area contributed by atoms with E-state index in [1.807, 2.05) is 13.8 Å². The minimum absolute atomic E-state index is 0.160. The standard InChI is InChI=1S/C21H22Cl2O5/c1-14(2)13-27-21(25)15-5-3-6-17(11-15)28-20(24)7-4-10-26-19-9-8-16(22)12-18(19)23/h3,5-6,8-9,11-12,14H,4,7,10,13H2,1-2H3. The van der Waals surface area contributed by atoms with E-state index in [0.29, 0.717) is 46.7 Å². The fourth-order valence-corrected chi connectivity index (χ4v) is 2.65. The number of carbonyl (C=O) groups is 2. The molecule has 0 saturated heterocycles. The van der Waals surface area contributed by atoms with Gasteiger partial charge in [-0.05, 0) is 48.7 Å². The van der Waals surface area contributed by atoms with Crippen molar-refractivity contribution >= 4 is 35.1 Å². The van der Waals surface area contributed by atoms with E-state index in [0.717, 1.165) is 0 Å². The van der Waals surface area contributed by atoms with Crippen LogP contribution in [0.3, 0.4) is 0 Å². The van der Waals surface area contributed by atoms with Crippen LogP contribution < -0.4 is 9.47 Å². The molecule has 0 aliphatic rings. The van der Waals surface area contributed by atoms with Crippen LogP contribution in [0.15, 0.2) is 42.5 Å². The lowest BCUT2D eigenvalue weighted by atomic mass is 10.2. The summed E-state index contributed by atoms with van der Waals surface area (Å²) in [5.74, 6) is 0.186. The van der Waals surface area contributed by atoms with Crippen LogP contribution in [-0.2, 0) is 9.53 Å². The molecule has 0 aromatic heterocycles. The normalized spacial score (nSPS) is 10.6. The van der Waals surface area contributed by atoms with Crippen molar-refractivity contribution in [2.45, 2.75) is 26.7 Å². The van der Waals surface area contributed by atoms with Gasteiger partial charge in [-0.2, -0.15) is 0 Å². The first-order chi connectivity index (χ1) is 13.3. The Bertz CT molecular complexity index is 820. The maximum absolute atomic E-state index is 12.0. The van der Waals surface area contributed by atoms with Crippen LogP contribution in [0.4, 0.5) is 0 Å². The number of rotatable bonds is 9. The van der Waals surface area contributed by atoms with Crippen LogP contribution in [0.2, 0.25) is 10.0 Å². The number of esters is 2. The summed E-state index contributed by atoms with van der Waals surface area (Å²) in [6, 6.07) is 11.3. The topological polar surface area (TPSA) is 61.8 Å². The molecule has 5 nitrogen and oxygen atoms in total. The maximum atomic E-state index is 12.0. The van der Waals surface area contributed by atoms with Gasteiger partial charge in [-0.3, -0.25) is 4.79 Å². The number of ether oxygens (including phenoxy) is 3. The molecule has 0 radical (unpaired) electrons. The van der Waals surface area contributed by atoms with Crippen LogP contribution in [-0.4, -0.2) is 25.2 Å². The van der Waals surface area contributed by atoms with Crippen molar-refractivity contribution in [3.63, 3.8) is 0 Å². The summed E-state index contributed by atoms with van der Waals surface area (Å²) in [4.78, 5) is 24.0. The van der Waals surface area contributed by atoms with Gasteiger partial charge in [0.05, 0.1) is 23.8 Å². The van der Waals surface area contributed by atoms with Crippen molar-refractivity contribution in [1.29, 1.82) is 0 Å². The molecule has 0 unspecified atom stereocenters. The van der Waals surface area contributed by atoms with E-state index in [-0.39, 0.29) is 12.3 Å². The summed E-state index contributed by atoms with van der Waals surface area (Å²) in [5, 5.41) is 0.937. The molecule has 0 bridgehead atoms. The molecule has 0 N–H and O–H groups in total. The first-order valence-corrected chi connectivity index (χ1v) is 9.66. The third-order valence-electron chi connectivity index (χ3n) is 3.53. The zero-order chi connectivity index (χ0) is 20.5. The average Bonchev–Trinajstić information content (AvgIpc) is 2.64. The molecule has 0 aliphatic carbocycles. The van der Waals surface area contributed by atoms with E-state index < -0.39 is 11.9 Å². The van der Waals surface area contributed by atoms with Crippen LogP contribution in [0.5, 0.6) is 11.5 Å². The minimum atomic E-state index is -0.445. The molecule has 2 rings (SSSR count). The second-order valence-electron chi connectivity index (χ2n) is 6.52. The molecule has 2 aromatic carbocycles. The van der Waals surface area contributed by atoms with Gasteiger partial charge in [-0.1, -0.05) is 43.1 Å². The van der Waals surface area contributed by atoms with Crippen molar-refractivity contribution in [2.75, 3.05) is 13.2 Å². The monoisotopic (exact) mass is 424 g/mol. The molecule has 0 amide bonds. The summed E-state index contributed by atoms with van der Waals surface area (Å²) >= 11 is 11.8. The molecular formula is C21H22Cl2O5. The van der Waals surface area contributed by atoms with Crippen LogP contribution in [0, 0.1) is 5.92 Å². The van der Waals surface area contributed by atoms with Crippen molar-refractivity contribution in [1.82, 2.24) is 0 Å². The largest absolute Gasteiger partial charge is 0.492 e. The Morgan fingerprint density at radius 1 is 1.07 bits per heavy atom. The molecule has 0 fully saturated rings. The molecular weight excluding hydrogens is 403 g/mol. The Labute approximate surface area is 174 Å². The van der Waals surface area contributed by atoms with E-state index in [2.05, 4.69) is 0 Å². The molecule has 150 valence electrons. The fourth-order valence-electron chi connectivity index (χ4n) is 2.19. The Hall–Kier alpha value is -2.24. The predicted molar refractivity (Wildman–Crippen MR) is 108 cm³/mol. The summed E-state index contributed by atoms with van der Waals surface area (Å²) in [7, 11) is 0. The van der Waals surface area contributed by atoms with E-state index >= 15 is 0 Å². The van der Waals surface area contributed by atoms with E-state index in [1.54, 1.807) is 36.4 Å². The van der Waals surface area contributed by atoms with Gasteiger partial charge in [0.2, 0.25) is 0 Å². The summed E-state index contributed by atoms with van der Waals surface area (Å²) in [6.07, 6.45) is 0.612. The summed E-state index contributed by atoms with van der Waals surface area (Å²) in [6.45, 7) is 4.55. The van der Waals surface area contributed by atoms with Crippen LogP contribution >= 0.6 is 23.2 Å². The number of benzene rings is 2. The summed E-state index contributed by atoms with van der Waals surface area (Å²) < 4.78 is 16.0. The molecule has 0 spiro atoms. The van der Waals surface area contributed by atoms with Crippen molar-refractivity contribution in [3.05, 3.63) is 58.1 Å². The van der Waals surface area contributed by atoms with Gasteiger partial charge < -0.3 is 14.2 Å². The highest BCUT2D eigenvalue weighted by Crippen LogP contribution is 2.27. The highest BCUT2D eigenvalue weighted by molar-refractivity contribution is 6.35. The zero-order valence-electron chi connectivity index (χ0n) is 15.7. The second kappa shape index (κ2) is 10.9. The Morgan fingerprint density at radius 3 is 2.57 bits per heavy atom. The van der Waals surface area contributed by atoms with Gasteiger partial charge in [-0.15, -0.1) is 0 Å². The average molecular weight is 425 g/mol. The number of hydrogen-bond donors (Lipinski definition) is 0. The Morgan fingerprint density at radius 2 is 1.86 bits per heavy atom. The lowest BCUT2D eigenvalue weighted by molar-refractivity contribution is -0.134. The van der Waals surface area contributed by atoms with Crippen molar-refractivity contribution in [3.8, 4) is 11.5 Å². The molecule has 0 atom stereocenters. The number of hydrogen-bond acceptors (Lipinski definition) is 5. The molecule has 2 aromatic rings. The third kappa shape index (κ3) is 7.41. The molecule has 0 aliphatic heterocycles. The minimum Gasteiger partial charge on any atom is -0.492 e. The van der Waals surface area contributed by atoms with Crippen molar-refractivity contribution in [2.24, 2.45) is 5.92 Å². The third-order valence-corrected chi connectivity index (χ3v) is 4.06. The van der Waals surface area contributed by atoms with Gasteiger partial charge in [0.25, 0.3) is 0 Å². The quantitative estimate of drug-likeness (QED) is 0.299. The lowest BCUT2D eigenvalue weighted by Gasteiger charge is -2.09. The van der Waals surface area contributed by atoms with Gasteiger partial charge in [0.15, 0.2) is 0 Å². The lowest BCUT2D eigenvalue weighted by Crippen LogP contribution is -2.12. The fraction of sp³-hybridized carbons (Fsp3) is 0.333. The van der Waals surface area contributed by atoms with E-state index in [4.69, 9.17) is 37.4 Å². The first kappa shape index (κ1) is 22.1. The van der Waals surface area contributed by atoms with Gasteiger partial charge in [-0.25, -0.2) is 4.79 Å². The number of carbonyl (C=O) groups excluding carboxylic acids is 2. The smallest absolute Gasteiger partial charge is 0.338 e. The van der Waals surface area contributed by atoms with Crippen LogP contribution in [0.25, 0.3) is 0 Å². The predicted octanol–water partition coefficient (Wildman–Crippen LogP) is 5.57. The molecule has 7 heteroatoms. The number of halogens is 2. The van der Waals surface area contributed by atoms with E-state index in [9.17, 15) is 9.59 Å². The zero-order valence-corrected chi connectivity index (χ0v) is 17.3. The Kier molecular flexibility index (Phi) is 8.61. The maximum Gasteiger partial charge on any atom is 0.338 e. The summed E-state index contributed by atoms with van der Waals surface area (Å²) in [5.41, 5.74) is 0.340. The van der Waals surface area contributed by atoms with Crippen LogP contribution in [0.1, 0.15) is 37.0 Å². The highest BCUT2D eigenvalue weighted by Gasteiger charge is 2.11. The van der Waals surface area contributed by atoms with Gasteiger partial charge in [0.1, 0.15) is 11.5 Å². The van der Waals surface area contributed by atoms with Gasteiger partial charge >= 0.3 is 11.9 Å². The highest BCUT2D eigenvalue weighted by atomic mass is 35.5. The molecule has 28 heavy (non-hydrogen) atoms. The van der Waals surface area contributed by atoms with Gasteiger partial charge in [0, 0.05) is 11.4 Å². The first-order valence-electron chi connectivity index (χ1n) is 8.91. The van der Waals surface area contributed by atoms with Crippen molar-refractivity contribution < 1.29 is 23.8 Å².